The van der Waals surface area contributed by atoms with Crippen molar-refractivity contribution in [3.8, 4) is 11.1 Å². The zero-order valence-electron chi connectivity index (χ0n) is 19.8. The molecule has 4 rings (SSSR count). The summed E-state index contributed by atoms with van der Waals surface area (Å²) in [5.41, 5.74) is 3.72. The van der Waals surface area contributed by atoms with Gasteiger partial charge in [-0.25, -0.2) is 9.59 Å². The van der Waals surface area contributed by atoms with Crippen molar-refractivity contribution in [3.05, 3.63) is 72.3 Å². The minimum absolute atomic E-state index is 0.0460. The molecule has 0 aliphatic heterocycles. The molecule has 7 nitrogen and oxygen atoms in total. The molecule has 2 aliphatic carbocycles. The molecule has 1 atom stereocenters. The molecular formula is C28H32N2O5. The van der Waals surface area contributed by atoms with E-state index in [2.05, 4.69) is 41.5 Å². The summed E-state index contributed by atoms with van der Waals surface area (Å²) in [4.78, 5) is 37.4. The Morgan fingerprint density at radius 3 is 2.20 bits per heavy atom. The van der Waals surface area contributed by atoms with E-state index in [4.69, 9.17) is 4.74 Å². The van der Waals surface area contributed by atoms with E-state index in [1.54, 1.807) is 0 Å². The predicted molar refractivity (Wildman–Crippen MR) is 133 cm³/mol. The highest BCUT2D eigenvalue weighted by molar-refractivity contribution is 5.88. The first-order chi connectivity index (χ1) is 16.9. The lowest BCUT2D eigenvalue weighted by atomic mass is 9.73. The Kier molecular flexibility index (Phi) is 7.54. The van der Waals surface area contributed by atoms with Crippen LogP contribution in [0.3, 0.4) is 0 Å². The monoisotopic (exact) mass is 476 g/mol. The summed E-state index contributed by atoms with van der Waals surface area (Å²) < 4.78 is 5.62. The van der Waals surface area contributed by atoms with Gasteiger partial charge in [0.05, 0.1) is 5.41 Å². The van der Waals surface area contributed by atoms with E-state index in [1.807, 2.05) is 24.3 Å². The number of benzene rings is 2. The summed E-state index contributed by atoms with van der Waals surface area (Å²) in [6, 6.07) is 15.2. The van der Waals surface area contributed by atoms with Gasteiger partial charge in [0.25, 0.3) is 0 Å². The summed E-state index contributed by atoms with van der Waals surface area (Å²) in [6.07, 6.45) is 4.91. The average molecular weight is 477 g/mol. The fourth-order valence-electron chi connectivity index (χ4n) is 5.30. The SMILES string of the molecule is C=CCC(NC(=O)C1(CNC(=O)OCC2c3ccccc3-c3ccccc32)CCCCC1)C(=O)O. The molecule has 2 amide bonds. The van der Waals surface area contributed by atoms with Crippen LogP contribution in [-0.4, -0.2) is 42.3 Å². The Balaban J connectivity index is 1.40. The van der Waals surface area contributed by atoms with Crippen LogP contribution in [0, 0.1) is 5.41 Å². The molecule has 2 aliphatic rings. The molecule has 0 radical (unpaired) electrons. The van der Waals surface area contributed by atoms with Gasteiger partial charge in [-0.15, -0.1) is 6.58 Å². The number of ether oxygens (including phenoxy) is 1. The number of carbonyl (C=O) groups is 3. The Bertz CT molecular complexity index is 1060. The number of alkyl carbamates (subject to hydrolysis) is 1. The Labute approximate surface area is 205 Å². The Morgan fingerprint density at radius 2 is 1.63 bits per heavy atom. The van der Waals surface area contributed by atoms with Gasteiger partial charge in [0.2, 0.25) is 5.91 Å². The topological polar surface area (TPSA) is 105 Å². The van der Waals surface area contributed by atoms with Crippen molar-refractivity contribution in [1.29, 1.82) is 0 Å². The third-order valence-electron chi connectivity index (χ3n) is 7.21. The van der Waals surface area contributed by atoms with Crippen molar-refractivity contribution in [2.45, 2.75) is 50.5 Å². The number of nitrogens with one attached hydrogen (secondary N) is 2. The summed E-state index contributed by atoms with van der Waals surface area (Å²) in [7, 11) is 0. The van der Waals surface area contributed by atoms with Gasteiger partial charge in [0.1, 0.15) is 12.6 Å². The largest absolute Gasteiger partial charge is 0.480 e. The molecule has 35 heavy (non-hydrogen) atoms. The minimum atomic E-state index is -1.10. The molecule has 0 heterocycles. The van der Waals surface area contributed by atoms with Gasteiger partial charge in [-0.05, 0) is 41.5 Å². The second kappa shape index (κ2) is 10.8. The van der Waals surface area contributed by atoms with Crippen LogP contribution in [-0.2, 0) is 14.3 Å². The first kappa shape index (κ1) is 24.5. The van der Waals surface area contributed by atoms with Crippen molar-refractivity contribution in [2.24, 2.45) is 5.41 Å². The number of aliphatic carboxylic acids is 1. The summed E-state index contributed by atoms with van der Waals surface area (Å²) in [6.45, 7) is 3.87. The van der Waals surface area contributed by atoms with Crippen molar-refractivity contribution in [1.82, 2.24) is 10.6 Å². The molecule has 2 aromatic rings. The van der Waals surface area contributed by atoms with Gasteiger partial charge in [-0.1, -0.05) is 73.9 Å². The maximum atomic E-state index is 13.2. The second-order valence-electron chi connectivity index (χ2n) is 9.41. The molecule has 2 aromatic carbocycles. The third kappa shape index (κ3) is 5.24. The summed E-state index contributed by atoms with van der Waals surface area (Å²) in [5.74, 6) is -1.49. The van der Waals surface area contributed by atoms with Crippen LogP contribution < -0.4 is 10.6 Å². The number of hydrogen-bond donors (Lipinski definition) is 3. The van der Waals surface area contributed by atoms with Crippen LogP contribution in [0.25, 0.3) is 11.1 Å². The maximum Gasteiger partial charge on any atom is 0.407 e. The van der Waals surface area contributed by atoms with Crippen LogP contribution in [0.15, 0.2) is 61.2 Å². The van der Waals surface area contributed by atoms with Crippen molar-refractivity contribution < 1.29 is 24.2 Å². The molecule has 3 N–H and O–H groups in total. The minimum Gasteiger partial charge on any atom is -0.480 e. The Morgan fingerprint density at radius 1 is 1.03 bits per heavy atom. The van der Waals surface area contributed by atoms with Gasteiger partial charge in [-0.2, -0.15) is 0 Å². The fraction of sp³-hybridized carbons (Fsp3) is 0.393. The Hall–Kier alpha value is -3.61. The number of carboxylic acid groups (broad SMARTS) is 1. The van der Waals surface area contributed by atoms with E-state index >= 15 is 0 Å². The van der Waals surface area contributed by atoms with E-state index in [0.29, 0.717) is 12.8 Å². The fourth-order valence-corrected chi connectivity index (χ4v) is 5.30. The lowest BCUT2D eigenvalue weighted by Crippen LogP contribution is -2.53. The normalized spacial score (nSPS) is 16.9. The zero-order valence-corrected chi connectivity index (χ0v) is 19.8. The molecule has 1 fully saturated rings. The second-order valence-corrected chi connectivity index (χ2v) is 9.41. The third-order valence-corrected chi connectivity index (χ3v) is 7.21. The molecule has 0 saturated heterocycles. The van der Waals surface area contributed by atoms with Gasteiger partial charge in [0.15, 0.2) is 0 Å². The van der Waals surface area contributed by atoms with Gasteiger partial charge >= 0.3 is 12.1 Å². The van der Waals surface area contributed by atoms with E-state index < -0.39 is 23.5 Å². The van der Waals surface area contributed by atoms with Gasteiger partial charge in [-0.3, -0.25) is 4.79 Å². The average Bonchev–Trinajstić information content (AvgIpc) is 3.20. The van der Waals surface area contributed by atoms with Gasteiger partial charge < -0.3 is 20.5 Å². The first-order valence-electron chi connectivity index (χ1n) is 12.2. The highest BCUT2D eigenvalue weighted by Gasteiger charge is 2.41. The van der Waals surface area contributed by atoms with Crippen LogP contribution in [0.4, 0.5) is 4.79 Å². The number of amides is 2. The zero-order chi connectivity index (χ0) is 24.8. The molecular weight excluding hydrogens is 444 g/mol. The molecule has 0 aromatic heterocycles. The smallest absolute Gasteiger partial charge is 0.407 e. The predicted octanol–water partition coefficient (Wildman–Crippen LogP) is 4.62. The van der Waals surface area contributed by atoms with E-state index in [9.17, 15) is 19.5 Å². The number of fused-ring (bicyclic) bond motifs is 3. The number of rotatable bonds is 9. The number of carbonyl (C=O) groups excluding carboxylic acids is 2. The quantitative estimate of drug-likeness (QED) is 0.458. The molecule has 1 unspecified atom stereocenters. The molecule has 7 heteroatoms. The molecule has 0 bridgehead atoms. The maximum absolute atomic E-state index is 13.2. The van der Waals surface area contributed by atoms with E-state index in [-0.39, 0.29) is 31.4 Å². The van der Waals surface area contributed by atoms with Crippen LogP contribution in [0.5, 0.6) is 0 Å². The molecule has 1 saturated carbocycles. The summed E-state index contributed by atoms with van der Waals surface area (Å²) >= 11 is 0. The van der Waals surface area contributed by atoms with Crippen LogP contribution in [0.2, 0.25) is 0 Å². The highest BCUT2D eigenvalue weighted by atomic mass is 16.5. The molecule has 184 valence electrons. The van der Waals surface area contributed by atoms with Crippen molar-refractivity contribution >= 4 is 18.0 Å². The van der Waals surface area contributed by atoms with Crippen molar-refractivity contribution in [3.63, 3.8) is 0 Å². The summed E-state index contributed by atoms with van der Waals surface area (Å²) in [5, 5.41) is 14.9. The highest BCUT2D eigenvalue weighted by Crippen LogP contribution is 2.44. The lowest BCUT2D eigenvalue weighted by Gasteiger charge is -2.36. The lowest BCUT2D eigenvalue weighted by molar-refractivity contribution is -0.144. The standard InChI is InChI=1S/C28H32N2O5/c1-2-10-24(25(31)32)30-26(33)28(15-8-3-9-16-28)18-29-27(34)35-17-23-21-13-6-4-11-19(21)20-12-5-7-14-22(20)23/h2,4-7,11-14,23-24H,1,3,8-10,15-18H2,(H,29,34)(H,30,33)(H,31,32). The van der Waals surface area contributed by atoms with E-state index in [1.165, 1.54) is 6.08 Å². The number of hydrogen-bond acceptors (Lipinski definition) is 4. The molecule has 0 spiro atoms. The number of carboxylic acids is 1. The van der Waals surface area contributed by atoms with Crippen molar-refractivity contribution in [2.75, 3.05) is 13.2 Å². The van der Waals surface area contributed by atoms with Crippen LogP contribution >= 0.6 is 0 Å². The van der Waals surface area contributed by atoms with E-state index in [0.717, 1.165) is 41.5 Å². The van der Waals surface area contributed by atoms with Crippen LogP contribution in [0.1, 0.15) is 55.6 Å². The first-order valence-corrected chi connectivity index (χ1v) is 12.2. The van der Waals surface area contributed by atoms with Gasteiger partial charge in [0, 0.05) is 12.5 Å².